The topological polar surface area (TPSA) is 27.7 Å². The molecule has 2 saturated carbocycles. The van der Waals surface area contributed by atoms with Crippen molar-refractivity contribution in [2.24, 2.45) is 5.92 Å². The van der Waals surface area contributed by atoms with Crippen LogP contribution >= 0.6 is 23.2 Å². The first-order valence-corrected chi connectivity index (χ1v) is 9.63. The highest BCUT2D eigenvalue weighted by Crippen LogP contribution is 2.81. The first-order chi connectivity index (χ1) is 12.3. The van der Waals surface area contributed by atoms with E-state index in [1.54, 1.807) is 0 Å². The summed E-state index contributed by atoms with van der Waals surface area (Å²) in [7, 11) is 0. The van der Waals surface area contributed by atoms with Gasteiger partial charge in [-0.25, -0.2) is 9.78 Å². The van der Waals surface area contributed by atoms with Crippen molar-refractivity contribution in [1.82, 2.24) is 0 Å². The van der Waals surface area contributed by atoms with Gasteiger partial charge in [-0.2, -0.15) is 0 Å². The maximum absolute atomic E-state index is 6.85. The lowest BCUT2D eigenvalue weighted by atomic mass is 9.82. The Hall–Kier alpha value is -1.10. The van der Waals surface area contributed by atoms with Gasteiger partial charge in [-0.15, -0.1) is 23.2 Å². The van der Waals surface area contributed by atoms with E-state index in [2.05, 4.69) is 12.1 Å². The van der Waals surface area contributed by atoms with Crippen molar-refractivity contribution < 1.29 is 14.5 Å². The molecule has 0 unspecified atom stereocenters. The van der Waals surface area contributed by atoms with Gasteiger partial charge in [0.15, 0.2) is 11.4 Å². The van der Waals surface area contributed by atoms with Crippen molar-refractivity contribution >= 4 is 23.2 Å². The molecule has 0 N–H and O–H groups in total. The number of alkyl halides is 2. The zero-order valence-corrected chi connectivity index (χ0v) is 16.1. The van der Waals surface area contributed by atoms with E-state index < -0.39 is 21.1 Å². The monoisotopic (exact) mass is 390 g/mol. The maximum Gasteiger partial charge on any atom is 0.196 e. The second-order valence-corrected chi connectivity index (χ2v) is 9.36. The summed E-state index contributed by atoms with van der Waals surface area (Å²) in [6.07, 6.45) is 0.302. The highest BCUT2D eigenvalue weighted by atomic mass is 35.5. The van der Waals surface area contributed by atoms with Crippen LogP contribution in [0.5, 0.6) is 0 Å². The van der Waals surface area contributed by atoms with Crippen molar-refractivity contribution in [3.8, 4) is 0 Å². The first kappa shape index (κ1) is 17.0. The summed E-state index contributed by atoms with van der Waals surface area (Å²) in [4.78, 5) is 11.7. The van der Waals surface area contributed by atoms with E-state index in [0.29, 0.717) is 6.42 Å². The Kier molecular flexibility index (Phi) is 3.43. The van der Waals surface area contributed by atoms with Gasteiger partial charge < -0.3 is 4.74 Å². The van der Waals surface area contributed by atoms with E-state index in [0.717, 1.165) is 11.1 Å². The van der Waals surface area contributed by atoms with Gasteiger partial charge >= 0.3 is 0 Å². The van der Waals surface area contributed by atoms with Gasteiger partial charge in [-0.1, -0.05) is 60.7 Å². The molecule has 5 heteroatoms. The highest BCUT2D eigenvalue weighted by molar-refractivity contribution is 6.52. The molecular weight excluding hydrogens is 371 g/mol. The second-order valence-electron chi connectivity index (χ2n) is 7.98. The molecule has 3 aliphatic rings. The van der Waals surface area contributed by atoms with Gasteiger partial charge in [-0.05, 0) is 31.4 Å². The van der Waals surface area contributed by atoms with E-state index >= 15 is 0 Å². The van der Waals surface area contributed by atoms with Gasteiger partial charge in [0.2, 0.25) is 0 Å². The summed E-state index contributed by atoms with van der Waals surface area (Å²) in [5.74, 6) is -0.938. The second kappa shape index (κ2) is 5.24. The molecule has 3 nitrogen and oxygen atoms in total. The Balaban J connectivity index is 1.67. The van der Waals surface area contributed by atoms with Crippen molar-refractivity contribution in [2.75, 3.05) is 0 Å². The Bertz CT molecular complexity index is 839. The minimum Gasteiger partial charge on any atom is -0.340 e. The lowest BCUT2D eigenvalue weighted by molar-refractivity contribution is -0.524. The van der Waals surface area contributed by atoms with Crippen molar-refractivity contribution in [3.05, 3.63) is 71.8 Å². The predicted octanol–water partition coefficient (Wildman–Crippen LogP) is 5.11. The maximum atomic E-state index is 6.85. The van der Waals surface area contributed by atoms with Crippen LogP contribution in [0.1, 0.15) is 31.4 Å². The fraction of sp³-hybridized carbons (Fsp3) is 0.429. The van der Waals surface area contributed by atoms with Crippen LogP contribution in [0.2, 0.25) is 0 Å². The Morgan fingerprint density at radius 2 is 1.42 bits per heavy atom. The predicted molar refractivity (Wildman–Crippen MR) is 99.9 cm³/mol. The molecule has 0 spiro atoms. The third kappa shape index (κ3) is 2.01. The summed E-state index contributed by atoms with van der Waals surface area (Å²) in [5, 5.41) is 0. The van der Waals surface area contributed by atoms with Crippen molar-refractivity contribution in [2.45, 2.75) is 47.5 Å². The standard InChI is InChI=1S/C21H20Cl2O3/c1-18(2)24-17-16-19(21(16,22)23,14-9-5-3-6-10-14)13-20(17,26-25-18)15-11-7-4-8-12-15/h3-12,16-17H,13H2,1-2H3/t16-,17+,19-,20+/m1/s1. The largest absolute Gasteiger partial charge is 0.340 e. The fourth-order valence-electron chi connectivity index (χ4n) is 4.93. The number of fused-ring (bicyclic) bond motifs is 3. The Labute approximate surface area is 163 Å². The van der Waals surface area contributed by atoms with Gasteiger partial charge in [0.1, 0.15) is 10.4 Å². The molecular formula is C21H20Cl2O3. The minimum absolute atomic E-state index is 0.0795. The number of benzene rings is 2. The SMILES string of the molecule is CC1(C)OO[C@]2(c3ccccc3)C[C@@]3(c4ccccc4)[C@@H]([C@@H]2O1)C3(Cl)Cl. The number of hydrogen-bond donors (Lipinski definition) is 0. The molecule has 26 heavy (non-hydrogen) atoms. The van der Waals surface area contributed by atoms with Crippen molar-refractivity contribution in [3.63, 3.8) is 0 Å². The van der Waals surface area contributed by atoms with E-state index in [1.165, 1.54) is 0 Å². The van der Waals surface area contributed by atoms with Crippen LogP contribution in [-0.4, -0.2) is 16.2 Å². The summed E-state index contributed by atoms with van der Waals surface area (Å²) in [6, 6.07) is 20.3. The molecule has 3 fully saturated rings. The van der Waals surface area contributed by atoms with Crippen molar-refractivity contribution in [1.29, 1.82) is 0 Å². The quantitative estimate of drug-likeness (QED) is 0.526. The number of ether oxygens (including phenoxy) is 1. The van der Waals surface area contributed by atoms with Crippen LogP contribution in [0, 0.1) is 5.92 Å². The van der Waals surface area contributed by atoms with Crippen LogP contribution in [-0.2, 0) is 25.5 Å². The average molecular weight is 391 g/mol. The smallest absolute Gasteiger partial charge is 0.196 e. The van der Waals surface area contributed by atoms with Crippen LogP contribution in [0.15, 0.2) is 60.7 Å². The summed E-state index contributed by atoms with van der Waals surface area (Å²) in [6.45, 7) is 3.69. The molecule has 4 atom stereocenters. The van der Waals surface area contributed by atoms with Crippen LogP contribution < -0.4 is 0 Å². The normalized spacial score (nSPS) is 39.1. The van der Waals surface area contributed by atoms with Crippen LogP contribution in [0.3, 0.4) is 0 Å². The van der Waals surface area contributed by atoms with Gasteiger partial charge in [0.25, 0.3) is 0 Å². The molecule has 2 aromatic carbocycles. The number of rotatable bonds is 2. The molecule has 5 rings (SSSR count). The van der Waals surface area contributed by atoms with Gasteiger partial charge in [-0.3, -0.25) is 0 Å². The molecule has 2 aliphatic carbocycles. The van der Waals surface area contributed by atoms with Crippen LogP contribution in [0.4, 0.5) is 0 Å². The van der Waals surface area contributed by atoms with Gasteiger partial charge in [0.05, 0.1) is 0 Å². The Morgan fingerprint density at radius 3 is 2.04 bits per heavy atom. The molecule has 0 amide bonds. The lowest BCUT2D eigenvalue weighted by Gasteiger charge is -2.47. The average Bonchev–Trinajstić information content (AvgIpc) is 2.95. The number of hydrogen-bond acceptors (Lipinski definition) is 3. The highest BCUT2D eigenvalue weighted by Gasteiger charge is 2.88. The number of halogens is 2. The fourth-order valence-corrected chi connectivity index (χ4v) is 6.01. The van der Waals surface area contributed by atoms with Crippen LogP contribution in [0.25, 0.3) is 0 Å². The van der Waals surface area contributed by atoms with E-state index in [1.807, 2.05) is 62.4 Å². The third-order valence-corrected chi connectivity index (χ3v) is 7.23. The molecule has 0 bridgehead atoms. The Morgan fingerprint density at radius 1 is 0.846 bits per heavy atom. The molecule has 1 saturated heterocycles. The molecule has 2 aromatic rings. The molecule has 0 aromatic heterocycles. The summed E-state index contributed by atoms with van der Waals surface area (Å²) in [5.41, 5.74) is 0.975. The third-order valence-electron chi connectivity index (χ3n) is 6.09. The zero-order valence-electron chi connectivity index (χ0n) is 14.6. The van der Waals surface area contributed by atoms with E-state index in [4.69, 9.17) is 37.7 Å². The summed E-state index contributed by atoms with van der Waals surface area (Å²) < 4.78 is 5.48. The minimum atomic E-state index is -0.895. The molecule has 136 valence electrons. The summed E-state index contributed by atoms with van der Waals surface area (Å²) >= 11 is 13.7. The molecule has 1 heterocycles. The lowest BCUT2D eigenvalue weighted by Crippen LogP contribution is -2.54. The molecule has 1 aliphatic heterocycles. The van der Waals surface area contributed by atoms with E-state index in [-0.39, 0.29) is 12.0 Å². The van der Waals surface area contributed by atoms with Gasteiger partial charge in [0, 0.05) is 11.3 Å². The zero-order chi connectivity index (χ0) is 18.2. The first-order valence-electron chi connectivity index (χ1n) is 8.87. The molecule has 0 radical (unpaired) electrons. The van der Waals surface area contributed by atoms with E-state index in [9.17, 15) is 0 Å².